The van der Waals surface area contributed by atoms with Crippen LogP contribution in [0, 0.1) is 6.92 Å². The Morgan fingerprint density at radius 1 is 1.27 bits per heavy atom. The van der Waals surface area contributed by atoms with Gasteiger partial charge in [0.1, 0.15) is 0 Å². The van der Waals surface area contributed by atoms with Crippen molar-refractivity contribution < 1.29 is 0 Å². The average molecular weight is 244 g/mol. The zero-order chi connectivity index (χ0) is 11.1. The summed E-state index contributed by atoms with van der Waals surface area (Å²) in [6, 6.07) is 8.36. The molecule has 0 N–H and O–H groups in total. The van der Waals surface area contributed by atoms with Crippen molar-refractivity contribution >= 4 is 23.2 Å². The predicted molar refractivity (Wildman–Crippen MR) is 68.8 cm³/mol. The van der Waals surface area contributed by atoms with Gasteiger partial charge in [0, 0.05) is 11.3 Å². The topological polar surface area (TPSA) is 0 Å². The highest BCUT2D eigenvalue weighted by atomic mass is 35.5. The van der Waals surface area contributed by atoms with Crippen molar-refractivity contribution in [2.75, 3.05) is 5.88 Å². The number of hydrogen-bond acceptors (Lipinski definition) is 0. The molecular weight excluding hydrogens is 227 g/mol. The molecule has 1 unspecified atom stereocenters. The summed E-state index contributed by atoms with van der Waals surface area (Å²) in [6.07, 6.45) is 4.43. The van der Waals surface area contributed by atoms with Crippen LogP contribution in [0.1, 0.15) is 30.4 Å². The molecule has 2 heteroatoms. The lowest BCUT2D eigenvalue weighted by Gasteiger charge is -2.05. The third-order valence-corrected chi connectivity index (χ3v) is 3.29. The lowest BCUT2D eigenvalue weighted by Crippen LogP contribution is -1.99. The van der Waals surface area contributed by atoms with Crippen LogP contribution < -0.4 is 0 Å². The lowest BCUT2D eigenvalue weighted by molar-refractivity contribution is 0.673. The zero-order valence-electron chi connectivity index (χ0n) is 8.89. The maximum atomic E-state index is 5.93. The molecule has 1 aromatic rings. The monoisotopic (exact) mass is 243 g/mol. The van der Waals surface area contributed by atoms with Gasteiger partial charge in [0.05, 0.1) is 0 Å². The van der Waals surface area contributed by atoms with E-state index in [1.807, 2.05) is 6.07 Å². The van der Waals surface area contributed by atoms with E-state index < -0.39 is 0 Å². The molecule has 0 aliphatic carbocycles. The third-order valence-electron chi connectivity index (χ3n) is 2.39. The van der Waals surface area contributed by atoms with Crippen molar-refractivity contribution in [3.8, 4) is 0 Å². The quantitative estimate of drug-likeness (QED) is 0.513. The second kappa shape index (κ2) is 7.14. The number of benzene rings is 1. The van der Waals surface area contributed by atoms with Gasteiger partial charge in [-0.2, -0.15) is 0 Å². The molecule has 0 aliphatic heterocycles. The van der Waals surface area contributed by atoms with E-state index in [4.69, 9.17) is 23.2 Å². The van der Waals surface area contributed by atoms with Crippen molar-refractivity contribution in [1.82, 2.24) is 0 Å². The van der Waals surface area contributed by atoms with Crippen molar-refractivity contribution in [3.05, 3.63) is 42.3 Å². The van der Waals surface area contributed by atoms with E-state index in [0.717, 1.165) is 24.8 Å². The second-order valence-corrected chi connectivity index (χ2v) is 4.74. The first-order valence-electron chi connectivity index (χ1n) is 5.33. The fourth-order valence-corrected chi connectivity index (χ4v) is 1.87. The molecule has 0 fully saturated rings. The van der Waals surface area contributed by atoms with Crippen molar-refractivity contribution in [3.63, 3.8) is 0 Å². The maximum Gasteiger partial charge on any atom is 0.0471 e. The van der Waals surface area contributed by atoms with Gasteiger partial charge in [0.25, 0.3) is 0 Å². The lowest BCUT2D eigenvalue weighted by atomic mass is 10.0. The van der Waals surface area contributed by atoms with Crippen molar-refractivity contribution in [2.45, 2.75) is 31.1 Å². The first-order chi connectivity index (χ1) is 7.22. The van der Waals surface area contributed by atoms with E-state index >= 15 is 0 Å². The molecule has 0 aromatic heterocycles. The number of hydrogen-bond donors (Lipinski definition) is 0. The highest BCUT2D eigenvalue weighted by molar-refractivity contribution is 6.28. The summed E-state index contributed by atoms with van der Waals surface area (Å²) in [4.78, 5) is 0. The molecule has 0 heterocycles. The molecule has 0 saturated heterocycles. The minimum atomic E-state index is 0.130. The fourth-order valence-electron chi connectivity index (χ4n) is 1.56. The van der Waals surface area contributed by atoms with Gasteiger partial charge >= 0.3 is 0 Å². The van der Waals surface area contributed by atoms with Crippen molar-refractivity contribution in [1.29, 1.82) is 0 Å². The Balaban J connectivity index is 2.20. The van der Waals surface area contributed by atoms with Crippen LogP contribution in [0.25, 0.3) is 0 Å². The summed E-state index contributed by atoms with van der Waals surface area (Å²) in [5.74, 6) is 0.552. The van der Waals surface area contributed by atoms with Crippen molar-refractivity contribution in [2.24, 2.45) is 0 Å². The minimum Gasteiger partial charge on any atom is -0.125 e. The molecule has 0 saturated carbocycles. The first kappa shape index (κ1) is 12.9. The van der Waals surface area contributed by atoms with Crippen LogP contribution in [-0.2, 0) is 6.42 Å². The number of alkyl halides is 2. The molecular formula is C13H17Cl2. The van der Waals surface area contributed by atoms with Crippen LogP contribution >= 0.6 is 23.2 Å². The van der Waals surface area contributed by atoms with Gasteiger partial charge in [-0.25, -0.2) is 0 Å². The zero-order valence-corrected chi connectivity index (χ0v) is 10.4. The Hall–Kier alpha value is -0.200. The van der Waals surface area contributed by atoms with E-state index in [9.17, 15) is 0 Å². The minimum absolute atomic E-state index is 0.130. The van der Waals surface area contributed by atoms with Gasteiger partial charge < -0.3 is 0 Å². The second-order valence-electron chi connectivity index (χ2n) is 3.82. The molecule has 1 rings (SSSR count). The molecule has 0 amide bonds. The van der Waals surface area contributed by atoms with E-state index in [1.165, 1.54) is 12.0 Å². The van der Waals surface area contributed by atoms with Gasteiger partial charge in [0.2, 0.25) is 0 Å². The summed E-state index contributed by atoms with van der Waals surface area (Å²) in [6.45, 7) is 3.91. The Labute approximate surface area is 103 Å². The van der Waals surface area contributed by atoms with Gasteiger partial charge in [-0.1, -0.05) is 30.7 Å². The predicted octanol–water partition coefficient (Wildman–Crippen LogP) is 4.43. The highest BCUT2D eigenvalue weighted by Crippen LogP contribution is 2.12. The molecule has 0 spiro atoms. The molecule has 83 valence electrons. The van der Waals surface area contributed by atoms with Crippen LogP contribution in [0.3, 0.4) is 0 Å². The molecule has 0 nitrogen and oxygen atoms in total. The Morgan fingerprint density at radius 2 is 2.07 bits per heavy atom. The standard InChI is InChI=1S/C13H17Cl2/c1-11-5-4-7-12(9-11)6-2-3-8-13(15)10-14/h4-5,7,9,13H,1-3,6,8,10H2. The molecule has 1 radical (unpaired) electrons. The van der Waals surface area contributed by atoms with Gasteiger partial charge in [-0.15, -0.1) is 23.2 Å². The van der Waals surface area contributed by atoms with Crippen LogP contribution in [0.5, 0.6) is 0 Å². The number of unbranched alkanes of at least 4 members (excludes halogenated alkanes) is 1. The first-order valence-corrected chi connectivity index (χ1v) is 6.30. The number of aryl methyl sites for hydroxylation is 1. The van der Waals surface area contributed by atoms with Crippen LogP contribution in [0.2, 0.25) is 0 Å². The summed E-state index contributed by atoms with van der Waals surface area (Å²) >= 11 is 11.6. The summed E-state index contributed by atoms with van der Waals surface area (Å²) in [7, 11) is 0. The smallest absolute Gasteiger partial charge is 0.0471 e. The van der Waals surface area contributed by atoms with Gasteiger partial charge in [-0.3, -0.25) is 0 Å². The fraction of sp³-hybridized carbons (Fsp3) is 0.462. The van der Waals surface area contributed by atoms with Gasteiger partial charge in [-0.05, 0) is 37.3 Å². The van der Waals surface area contributed by atoms with Crippen LogP contribution in [-0.4, -0.2) is 11.3 Å². The maximum absolute atomic E-state index is 5.93. The molecule has 0 aliphatic rings. The third kappa shape index (κ3) is 5.44. The van der Waals surface area contributed by atoms with Crippen LogP contribution in [0.15, 0.2) is 24.3 Å². The average Bonchev–Trinajstić information content (AvgIpc) is 2.24. The Kier molecular flexibility index (Phi) is 6.12. The largest absolute Gasteiger partial charge is 0.125 e. The SMILES string of the molecule is [CH2]c1cccc(CCCCC(Cl)CCl)c1. The molecule has 0 bridgehead atoms. The molecule has 1 aromatic carbocycles. The van der Waals surface area contributed by atoms with E-state index in [1.54, 1.807) is 0 Å². The number of halogens is 2. The summed E-state index contributed by atoms with van der Waals surface area (Å²) < 4.78 is 0. The highest BCUT2D eigenvalue weighted by Gasteiger charge is 2.01. The van der Waals surface area contributed by atoms with E-state index in [0.29, 0.717) is 5.88 Å². The Morgan fingerprint density at radius 3 is 2.73 bits per heavy atom. The van der Waals surface area contributed by atoms with E-state index in [2.05, 4.69) is 25.1 Å². The Bertz CT molecular complexity index is 284. The normalized spacial score (nSPS) is 12.7. The molecule has 15 heavy (non-hydrogen) atoms. The van der Waals surface area contributed by atoms with Gasteiger partial charge in [0.15, 0.2) is 0 Å². The van der Waals surface area contributed by atoms with E-state index in [-0.39, 0.29) is 5.38 Å². The number of rotatable bonds is 6. The summed E-state index contributed by atoms with van der Waals surface area (Å²) in [5.41, 5.74) is 2.45. The summed E-state index contributed by atoms with van der Waals surface area (Å²) in [5, 5.41) is 0.130. The molecule has 1 atom stereocenters. The van der Waals surface area contributed by atoms with Crippen LogP contribution in [0.4, 0.5) is 0 Å².